The maximum atomic E-state index is 13.4. The van der Waals surface area contributed by atoms with Gasteiger partial charge in [-0.3, -0.25) is 14.6 Å². The number of fused-ring (bicyclic) bond motifs is 1. The van der Waals surface area contributed by atoms with Crippen molar-refractivity contribution in [2.75, 3.05) is 5.32 Å². The highest BCUT2D eigenvalue weighted by molar-refractivity contribution is 6.04. The molecule has 0 saturated heterocycles. The molecule has 2 aromatic heterocycles. The molecule has 4 rings (SSSR count). The number of hydrogen-bond donors (Lipinski definition) is 2. The van der Waals surface area contributed by atoms with Gasteiger partial charge in [0, 0.05) is 11.6 Å². The second-order valence-electron chi connectivity index (χ2n) is 6.46. The third-order valence-electron chi connectivity index (χ3n) is 4.21. The van der Waals surface area contributed by atoms with Crippen LogP contribution in [0.5, 0.6) is 0 Å². The first-order chi connectivity index (χ1) is 13.4. The first kappa shape index (κ1) is 17.6. The molecule has 0 spiro atoms. The minimum Gasteiger partial charge on any atom is -0.306 e. The number of benzene rings is 2. The maximum absolute atomic E-state index is 13.4. The van der Waals surface area contributed by atoms with Crippen LogP contribution in [-0.4, -0.2) is 25.7 Å². The van der Waals surface area contributed by atoms with Gasteiger partial charge >= 0.3 is 0 Å². The Kier molecular flexibility index (Phi) is 4.23. The fourth-order valence-corrected chi connectivity index (χ4v) is 2.92. The van der Waals surface area contributed by atoms with Crippen molar-refractivity contribution in [3.8, 4) is 5.95 Å². The molecular formula is C20H16FN5O2. The van der Waals surface area contributed by atoms with Crippen LogP contribution in [-0.2, 0) is 0 Å². The lowest BCUT2D eigenvalue weighted by atomic mass is 10.1. The van der Waals surface area contributed by atoms with E-state index in [0.29, 0.717) is 22.6 Å². The zero-order valence-corrected chi connectivity index (χ0v) is 15.2. The first-order valence-corrected chi connectivity index (χ1v) is 8.55. The Balaban J connectivity index is 1.76. The molecule has 28 heavy (non-hydrogen) atoms. The molecule has 0 atom stereocenters. The summed E-state index contributed by atoms with van der Waals surface area (Å²) in [7, 11) is 0. The predicted molar refractivity (Wildman–Crippen MR) is 103 cm³/mol. The minimum absolute atomic E-state index is 0.122. The second-order valence-corrected chi connectivity index (χ2v) is 6.46. The van der Waals surface area contributed by atoms with E-state index in [0.717, 1.165) is 11.6 Å². The van der Waals surface area contributed by atoms with Crippen molar-refractivity contribution in [2.24, 2.45) is 0 Å². The van der Waals surface area contributed by atoms with Gasteiger partial charge in [-0.25, -0.2) is 9.37 Å². The van der Waals surface area contributed by atoms with Crippen LogP contribution < -0.4 is 10.9 Å². The molecule has 0 aliphatic carbocycles. The van der Waals surface area contributed by atoms with Crippen LogP contribution in [0.2, 0.25) is 0 Å². The summed E-state index contributed by atoms with van der Waals surface area (Å²) in [5.74, 6) is -0.353. The third-order valence-corrected chi connectivity index (χ3v) is 4.21. The molecule has 2 heterocycles. The number of aromatic amines is 1. The average Bonchev–Trinajstić information content (AvgIpc) is 3.02. The molecule has 4 aromatic rings. The molecule has 0 bridgehead atoms. The average molecular weight is 377 g/mol. The van der Waals surface area contributed by atoms with Crippen molar-refractivity contribution < 1.29 is 9.18 Å². The van der Waals surface area contributed by atoms with Crippen LogP contribution >= 0.6 is 0 Å². The normalized spacial score (nSPS) is 11.0. The highest BCUT2D eigenvalue weighted by Gasteiger charge is 2.15. The number of anilines is 1. The Labute approximate surface area is 158 Å². The van der Waals surface area contributed by atoms with E-state index in [9.17, 15) is 14.0 Å². The maximum Gasteiger partial charge on any atom is 0.260 e. The van der Waals surface area contributed by atoms with Crippen LogP contribution in [0.4, 0.5) is 10.2 Å². The van der Waals surface area contributed by atoms with Crippen LogP contribution in [0.1, 0.15) is 21.6 Å². The number of amides is 1. The topological polar surface area (TPSA) is 92.7 Å². The predicted octanol–water partition coefficient (Wildman–Crippen LogP) is 3.12. The minimum atomic E-state index is -0.520. The summed E-state index contributed by atoms with van der Waals surface area (Å²) in [6.45, 7) is 3.66. The van der Waals surface area contributed by atoms with Crippen molar-refractivity contribution >= 4 is 22.6 Å². The number of nitrogens with one attached hydrogen (secondary N) is 2. The quantitative estimate of drug-likeness (QED) is 0.574. The number of aromatic nitrogens is 4. The zero-order valence-electron chi connectivity index (χ0n) is 15.2. The highest BCUT2D eigenvalue weighted by atomic mass is 19.1. The smallest absolute Gasteiger partial charge is 0.260 e. The number of carbonyl (C=O) groups is 1. The van der Waals surface area contributed by atoms with E-state index < -0.39 is 11.4 Å². The molecule has 140 valence electrons. The van der Waals surface area contributed by atoms with E-state index in [1.807, 2.05) is 13.0 Å². The first-order valence-electron chi connectivity index (χ1n) is 8.55. The summed E-state index contributed by atoms with van der Waals surface area (Å²) >= 11 is 0. The Morgan fingerprint density at radius 2 is 1.96 bits per heavy atom. The van der Waals surface area contributed by atoms with Gasteiger partial charge in [0.05, 0.1) is 16.6 Å². The van der Waals surface area contributed by atoms with E-state index in [4.69, 9.17) is 0 Å². The number of hydrogen-bond acceptors (Lipinski definition) is 4. The van der Waals surface area contributed by atoms with Crippen LogP contribution in [0.3, 0.4) is 0 Å². The fraction of sp³-hybridized carbons (Fsp3) is 0.100. The van der Waals surface area contributed by atoms with Crippen molar-refractivity contribution in [2.45, 2.75) is 13.8 Å². The van der Waals surface area contributed by atoms with E-state index in [1.165, 1.54) is 16.8 Å². The van der Waals surface area contributed by atoms with Crippen LogP contribution in [0.15, 0.2) is 53.3 Å². The van der Waals surface area contributed by atoms with Crippen LogP contribution in [0, 0.1) is 19.7 Å². The number of H-pyrrole nitrogens is 1. The standard InChI is InChI=1S/C20H16FN5O2/c1-11-4-3-5-13(8-11)18(27)23-17-9-12(2)25-26(17)20-22-16-7-6-14(21)10-15(16)19(28)24-20/h3-10H,1-2H3,(H,23,27)(H,22,24,28). The van der Waals surface area contributed by atoms with E-state index in [1.54, 1.807) is 31.2 Å². The number of halogens is 1. The van der Waals surface area contributed by atoms with Crippen molar-refractivity contribution in [3.63, 3.8) is 0 Å². The van der Waals surface area contributed by atoms with Gasteiger partial charge in [0.1, 0.15) is 11.6 Å². The van der Waals surface area contributed by atoms with Gasteiger partial charge in [-0.2, -0.15) is 9.78 Å². The van der Waals surface area contributed by atoms with Gasteiger partial charge in [-0.15, -0.1) is 0 Å². The third kappa shape index (κ3) is 3.27. The number of nitrogens with zero attached hydrogens (tertiary/aromatic N) is 3. The monoisotopic (exact) mass is 377 g/mol. The molecule has 1 amide bonds. The molecular weight excluding hydrogens is 361 g/mol. The van der Waals surface area contributed by atoms with Crippen molar-refractivity contribution in [1.29, 1.82) is 0 Å². The van der Waals surface area contributed by atoms with Gasteiger partial charge in [-0.05, 0) is 44.2 Å². The SMILES string of the molecule is Cc1cccc(C(=O)Nc2cc(C)nn2-c2nc3ccc(F)cc3c(=O)[nH]2)c1. The second kappa shape index (κ2) is 6.73. The molecule has 0 saturated carbocycles. The summed E-state index contributed by atoms with van der Waals surface area (Å²) in [4.78, 5) is 31.9. The number of aryl methyl sites for hydroxylation is 2. The summed E-state index contributed by atoms with van der Waals surface area (Å²) in [5.41, 5.74) is 1.92. The summed E-state index contributed by atoms with van der Waals surface area (Å²) in [5, 5.41) is 7.23. The van der Waals surface area contributed by atoms with E-state index >= 15 is 0 Å². The van der Waals surface area contributed by atoms with Crippen molar-refractivity contribution in [3.05, 3.63) is 81.5 Å². The Hall–Kier alpha value is -3.81. The fourth-order valence-electron chi connectivity index (χ4n) is 2.92. The van der Waals surface area contributed by atoms with E-state index in [2.05, 4.69) is 20.4 Å². The van der Waals surface area contributed by atoms with Gasteiger partial charge in [-0.1, -0.05) is 17.7 Å². The lowest BCUT2D eigenvalue weighted by Crippen LogP contribution is -2.19. The summed E-state index contributed by atoms with van der Waals surface area (Å²) in [6, 6.07) is 12.6. The van der Waals surface area contributed by atoms with Gasteiger partial charge < -0.3 is 5.32 Å². The molecule has 7 nitrogen and oxygen atoms in total. The highest BCUT2D eigenvalue weighted by Crippen LogP contribution is 2.17. The van der Waals surface area contributed by atoms with Crippen molar-refractivity contribution in [1.82, 2.24) is 19.7 Å². The van der Waals surface area contributed by atoms with E-state index in [-0.39, 0.29) is 17.2 Å². The molecule has 0 aliphatic rings. The molecule has 0 aliphatic heterocycles. The zero-order chi connectivity index (χ0) is 19.8. The molecule has 0 fully saturated rings. The molecule has 2 N–H and O–H groups in total. The lowest BCUT2D eigenvalue weighted by molar-refractivity contribution is 0.102. The molecule has 0 radical (unpaired) electrons. The lowest BCUT2D eigenvalue weighted by Gasteiger charge is -2.09. The number of carbonyl (C=O) groups excluding carboxylic acids is 1. The summed E-state index contributed by atoms with van der Waals surface area (Å²) < 4.78 is 14.7. The number of rotatable bonds is 3. The Bertz CT molecular complexity index is 1280. The van der Waals surface area contributed by atoms with Gasteiger partial charge in [0.2, 0.25) is 5.95 Å². The summed E-state index contributed by atoms with van der Waals surface area (Å²) in [6.07, 6.45) is 0. The Morgan fingerprint density at radius 1 is 1.14 bits per heavy atom. The molecule has 2 aromatic carbocycles. The van der Waals surface area contributed by atoms with Crippen LogP contribution in [0.25, 0.3) is 16.9 Å². The largest absolute Gasteiger partial charge is 0.306 e. The van der Waals surface area contributed by atoms with Gasteiger partial charge in [0.25, 0.3) is 11.5 Å². The Morgan fingerprint density at radius 3 is 2.75 bits per heavy atom. The molecule has 8 heteroatoms. The molecule has 0 unspecified atom stereocenters. The van der Waals surface area contributed by atoms with Gasteiger partial charge in [0.15, 0.2) is 0 Å².